The lowest BCUT2D eigenvalue weighted by Gasteiger charge is -2.20. The van der Waals surface area contributed by atoms with Gasteiger partial charge in [0.05, 0.1) is 0 Å². The molecule has 1 saturated carbocycles. The Morgan fingerprint density at radius 2 is 2.05 bits per heavy atom. The summed E-state index contributed by atoms with van der Waals surface area (Å²) in [6, 6.07) is 7.41. The standard InChI is InChI=1S/C16H22BrNO3/c1-11(21-15-7-5-14(17)6-8-15)16(20)18-9-12-3-2-4-13(12)10-19/h5-8,11-13,19H,2-4,9-10H2,1H3,(H,18,20). The molecular weight excluding hydrogens is 334 g/mol. The topological polar surface area (TPSA) is 58.6 Å². The predicted molar refractivity (Wildman–Crippen MR) is 85.2 cm³/mol. The van der Waals surface area contributed by atoms with Gasteiger partial charge >= 0.3 is 0 Å². The maximum Gasteiger partial charge on any atom is 0.260 e. The zero-order valence-corrected chi connectivity index (χ0v) is 13.8. The van der Waals surface area contributed by atoms with E-state index in [0.29, 0.717) is 24.1 Å². The van der Waals surface area contributed by atoms with Gasteiger partial charge in [-0.05, 0) is 55.9 Å². The van der Waals surface area contributed by atoms with E-state index in [1.54, 1.807) is 6.92 Å². The molecule has 5 heteroatoms. The first-order chi connectivity index (χ1) is 10.1. The average Bonchev–Trinajstić information content (AvgIpc) is 2.94. The molecule has 4 nitrogen and oxygen atoms in total. The number of nitrogens with one attached hydrogen (secondary N) is 1. The highest BCUT2D eigenvalue weighted by Gasteiger charge is 2.27. The van der Waals surface area contributed by atoms with E-state index in [1.165, 1.54) is 0 Å². The molecule has 2 N–H and O–H groups in total. The molecule has 2 rings (SSSR count). The zero-order chi connectivity index (χ0) is 15.2. The van der Waals surface area contributed by atoms with Crippen molar-refractivity contribution in [2.24, 2.45) is 11.8 Å². The Morgan fingerprint density at radius 3 is 2.71 bits per heavy atom. The van der Waals surface area contributed by atoms with Crippen LogP contribution in [0.3, 0.4) is 0 Å². The molecule has 0 aliphatic heterocycles. The Balaban J connectivity index is 1.78. The molecular formula is C16H22BrNO3. The summed E-state index contributed by atoms with van der Waals surface area (Å²) < 4.78 is 6.59. The monoisotopic (exact) mass is 355 g/mol. The molecule has 0 aromatic heterocycles. The molecule has 1 aliphatic carbocycles. The second-order valence-corrected chi connectivity index (χ2v) is 6.51. The highest BCUT2D eigenvalue weighted by Crippen LogP contribution is 2.30. The van der Waals surface area contributed by atoms with E-state index in [9.17, 15) is 9.90 Å². The second kappa shape index (κ2) is 7.80. The summed E-state index contributed by atoms with van der Waals surface area (Å²) in [5.41, 5.74) is 0. The van der Waals surface area contributed by atoms with E-state index in [4.69, 9.17) is 4.74 Å². The zero-order valence-electron chi connectivity index (χ0n) is 12.2. The first-order valence-corrected chi connectivity index (χ1v) is 8.20. The Hall–Kier alpha value is -1.07. The van der Waals surface area contributed by atoms with Crippen molar-refractivity contribution in [2.75, 3.05) is 13.2 Å². The van der Waals surface area contributed by atoms with Crippen LogP contribution in [0, 0.1) is 11.8 Å². The molecule has 0 spiro atoms. The third-order valence-corrected chi connectivity index (χ3v) is 4.61. The van der Waals surface area contributed by atoms with Gasteiger partial charge in [-0.2, -0.15) is 0 Å². The smallest absolute Gasteiger partial charge is 0.260 e. The van der Waals surface area contributed by atoms with Crippen molar-refractivity contribution in [3.63, 3.8) is 0 Å². The number of carbonyl (C=O) groups excluding carboxylic acids is 1. The molecule has 0 saturated heterocycles. The normalized spacial score (nSPS) is 22.8. The average molecular weight is 356 g/mol. The van der Waals surface area contributed by atoms with Crippen molar-refractivity contribution in [1.29, 1.82) is 0 Å². The molecule has 3 atom stereocenters. The molecule has 0 radical (unpaired) electrons. The molecule has 0 heterocycles. The quantitative estimate of drug-likeness (QED) is 0.824. The summed E-state index contributed by atoms with van der Waals surface area (Å²) in [6.45, 7) is 2.58. The number of carbonyl (C=O) groups is 1. The van der Waals surface area contributed by atoms with E-state index in [1.807, 2.05) is 24.3 Å². The maximum atomic E-state index is 12.1. The van der Waals surface area contributed by atoms with E-state index in [-0.39, 0.29) is 12.5 Å². The Morgan fingerprint density at radius 1 is 1.38 bits per heavy atom. The van der Waals surface area contributed by atoms with Crippen molar-refractivity contribution in [1.82, 2.24) is 5.32 Å². The molecule has 1 aromatic carbocycles. The van der Waals surface area contributed by atoms with E-state index < -0.39 is 6.10 Å². The summed E-state index contributed by atoms with van der Waals surface area (Å²) >= 11 is 3.36. The van der Waals surface area contributed by atoms with Crippen LogP contribution in [0.4, 0.5) is 0 Å². The van der Waals surface area contributed by atoms with E-state index >= 15 is 0 Å². The SMILES string of the molecule is CC(Oc1ccc(Br)cc1)C(=O)NCC1CCCC1CO. The molecule has 1 fully saturated rings. The molecule has 116 valence electrons. The lowest BCUT2D eigenvalue weighted by molar-refractivity contribution is -0.127. The first-order valence-electron chi connectivity index (χ1n) is 7.41. The van der Waals surface area contributed by atoms with Gasteiger partial charge in [-0.25, -0.2) is 0 Å². The van der Waals surface area contributed by atoms with Gasteiger partial charge in [-0.15, -0.1) is 0 Å². The number of ether oxygens (including phenoxy) is 1. The van der Waals surface area contributed by atoms with Gasteiger partial charge in [0.15, 0.2) is 6.10 Å². The van der Waals surface area contributed by atoms with Crippen LogP contribution in [0.25, 0.3) is 0 Å². The Kier molecular flexibility index (Phi) is 6.06. The summed E-state index contributed by atoms with van der Waals surface area (Å²) in [5.74, 6) is 1.28. The number of amides is 1. The van der Waals surface area contributed by atoms with Crippen LogP contribution in [-0.4, -0.2) is 30.3 Å². The van der Waals surface area contributed by atoms with Gasteiger partial charge in [-0.1, -0.05) is 22.4 Å². The number of aliphatic hydroxyl groups is 1. The molecule has 21 heavy (non-hydrogen) atoms. The van der Waals surface area contributed by atoms with Gasteiger partial charge in [0, 0.05) is 17.6 Å². The highest BCUT2D eigenvalue weighted by molar-refractivity contribution is 9.10. The van der Waals surface area contributed by atoms with Crippen molar-refractivity contribution in [2.45, 2.75) is 32.3 Å². The third kappa shape index (κ3) is 4.71. The number of benzene rings is 1. The lowest BCUT2D eigenvalue weighted by Crippen LogP contribution is -2.39. The lowest BCUT2D eigenvalue weighted by atomic mass is 9.97. The third-order valence-electron chi connectivity index (χ3n) is 4.09. The fourth-order valence-corrected chi connectivity index (χ4v) is 3.03. The fourth-order valence-electron chi connectivity index (χ4n) is 2.77. The van der Waals surface area contributed by atoms with Crippen molar-refractivity contribution in [3.05, 3.63) is 28.7 Å². The van der Waals surface area contributed by atoms with Crippen LogP contribution in [0.15, 0.2) is 28.7 Å². The second-order valence-electron chi connectivity index (χ2n) is 5.59. The van der Waals surface area contributed by atoms with Crippen LogP contribution < -0.4 is 10.1 Å². The number of rotatable bonds is 6. The molecule has 1 amide bonds. The Bertz CT molecular complexity index is 463. The number of halogens is 1. The number of aliphatic hydroxyl groups excluding tert-OH is 1. The minimum Gasteiger partial charge on any atom is -0.481 e. The molecule has 1 aromatic rings. The molecule has 3 unspecified atom stereocenters. The van der Waals surface area contributed by atoms with Gasteiger partial charge in [0.2, 0.25) is 0 Å². The summed E-state index contributed by atoms with van der Waals surface area (Å²) in [4.78, 5) is 12.1. The predicted octanol–water partition coefficient (Wildman–Crippen LogP) is 2.74. The number of hydrogen-bond acceptors (Lipinski definition) is 3. The number of hydrogen-bond donors (Lipinski definition) is 2. The van der Waals surface area contributed by atoms with Gasteiger partial charge in [0.1, 0.15) is 5.75 Å². The molecule has 1 aliphatic rings. The van der Waals surface area contributed by atoms with Gasteiger partial charge in [0.25, 0.3) is 5.91 Å². The van der Waals surface area contributed by atoms with Crippen LogP contribution in [0.2, 0.25) is 0 Å². The summed E-state index contributed by atoms with van der Waals surface area (Å²) in [5, 5.41) is 12.2. The minimum absolute atomic E-state index is 0.110. The molecule has 0 bridgehead atoms. The van der Waals surface area contributed by atoms with Crippen molar-refractivity contribution in [3.8, 4) is 5.75 Å². The Labute approximate surface area is 134 Å². The van der Waals surface area contributed by atoms with Crippen LogP contribution in [-0.2, 0) is 4.79 Å². The van der Waals surface area contributed by atoms with Crippen LogP contribution in [0.1, 0.15) is 26.2 Å². The van der Waals surface area contributed by atoms with Gasteiger partial charge in [-0.3, -0.25) is 4.79 Å². The summed E-state index contributed by atoms with van der Waals surface area (Å²) in [6.07, 6.45) is 2.74. The van der Waals surface area contributed by atoms with Crippen LogP contribution in [0.5, 0.6) is 5.75 Å². The fraction of sp³-hybridized carbons (Fsp3) is 0.562. The van der Waals surface area contributed by atoms with Crippen molar-refractivity contribution < 1.29 is 14.6 Å². The largest absolute Gasteiger partial charge is 0.481 e. The van der Waals surface area contributed by atoms with Crippen molar-refractivity contribution >= 4 is 21.8 Å². The van der Waals surface area contributed by atoms with E-state index in [0.717, 1.165) is 23.7 Å². The van der Waals surface area contributed by atoms with Crippen LogP contribution >= 0.6 is 15.9 Å². The van der Waals surface area contributed by atoms with E-state index in [2.05, 4.69) is 21.2 Å². The summed E-state index contributed by atoms with van der Waals surface area (Å²) in [7, 11) is 0. The highest BCUT2D eigenvalue weighted by atomic mass is 79.9. The van der Waals surface area contributed by atoms with Gasteiger partial charge < -0.3 is 15.2 Å². The minimum atomic E-state index is -0.528. The maximum absolute atomic E-state index is 12.1. The first kappa shape index (κ1) is 16.3.